The normalized spacial score (nSPS) is 14.7. The number of ether oxygens (including phenoxy) is 1. The zero-order valence-corrected chi connectivity index (χ0v) is 22.0. The van der Waals surface area contributed by atoms with Crippen LogP contribution in [-0.4, -0.2) is 69.3 Å². The van der Waals surface area contributed by atoms with Crippen molar-refractivity contribution in [3.63, 3.8) is 0 Å². The van der Waals surface area contributed by atoms with Crippen LogP contribution in [0.4, 0.5) is 10.2 Å². The van der Waals surface area contributed by atoms with E-state index in [4.69, 9.17) is 19.8 Å². The number of fused-ring (bicyclic) bond motifs is 1. The molecule has 10 heteroatoms. The molecule has 0 radical (unpaired) electrons. The van der Waals surface area contributed by atoms with E-state index in [0.29, 0.717) is 38.4 Å². The molecule has 3 aromatic rings. The van der Waals surface area contributed by atoms with E-state index >= 15 is 0 Å². The summed E-state index contributed by atoms with van der Waals surface area (Å²) in [6, 6.07) is 6.22. The van der Waals surface area contributed by atoms with Crippen molar-refractivity contribution in [1.82, 2.24) is 24.6 Å². The van der Waals surface area contributed by atoms with Gasteiger partial charge in [-0.3, -0.25) is 9.59 Å². The first kappa shape index (κ1) is 26.5. The lowest BCUT2D eigenvalue weighted by Crippen LogP contribution is -2.49. The fourth-order valence-corrected chi connectivity index (χ4v) is 4.72. The molecule has 1 amide bonds. The van der Waals surface area contributed by atoms with E-state index in [9.17, 15) is 14.0 Å². The lowest BCUT2D eigenvalue weighted by molar-refractivity contribution is -0.145. The number of amides is 1. The predicted molar refractivity (Wildman–Crippen MR) is 139 cm³/mol. The van der Waals surface area contributed by atoms with Crippen molar-refractivity contribution >= 4 is 28.7 Å². The van der Waals surface area contributed by atoms with Crippen LogP contribution in [0.25, 0.3) is 16.7 Å². The lowest BCUT2D eigenvalue weighted by Gasteiger charge is -2.36. The Kier molecular flexibility index (Phi) is 8.35. The standard InChI is InChI=1S/C27H35FN6O3/c1-5-7-18(3)25-29-26(33-16-14-32(15-17-33)22(35)12-13-23(36)37-6-2)24-19(4)31-34(27(24)30-25)21-10-8-20(28)9-11-21/h8-11,18H,5-7,12-17H2,1-4H3/t18-/m1/s1. The zero-order chi connectivity index (χ0) is 26.5. The first-order chi connectivity index (χ1) is 17.8. The number of hydrogen-bond donors (Lipinski definition) is 0. The Hall–Kier alpha value is -3.56. The number of rotatable bonds is 9. The van der Waals surface area contributed by atoms with Gasteiger partial charge in [0.2, 0.25) is 5.91 Å². The summed E-state index contributed by atoms with van der Waals surface area (Å²) in [5, 5.41) is 5.61. The van der Waals surface area contributed by atoms with Crippen molar-refractivity contribution in [1.29, 1.82) is 0 Å². The number of esters is 1. The molecule has 0 bridgehead atoms. The summed E-state index contributed by atoms with van der Waals surface area (Å²) in [6.07, 6.45) is 2.22. The smallest absolute Gasteiger partial charge is 0.306 e. The van der Waals surface area contributed by atoms with Gasteiger partial charge in [-0.1, -0.05) is 20.3 Å². The fourth-order valence-electron chi connectivity index (χ4n) is 4.72. The highest BCUT2D eigenvalue weighted by molar-refractivity contribution is 5.91. The van der Waals surface area contributed by atoms with Crippen molar-refractivity contribution in [2.75, 3.05) is 37.7 Å². The minimum absolute atomic E-state index is 0.0434. The van der Waals surface area contributed by atoms with Gasteiger partial charge in [0.1, 0.15) is 17.5 Å². The van der Waals surface area contributed by atoms with Crippen molar-refractivity contribution in [2.24, 2.45) is 0 Å². The summed E-state index contributed by atoms with van der Waals surface area (Å²) in [4.78, 5) is 38.2. The van der Waals surface area contributed by atoms with Crippen LogP contribution >= 0.6 is 0 Å². The Morgan fingerprint density at radius 3 is 2.41 bits per heavy atom. The van der Waals surface area contributed by atoms with Crippen molar-refractivity contribution in [3.05, 3.63) is 41.6 Å². The largest absolute Gasteiger partial charge is 0.466 e. The molecular weight excluding hydrogens is 475 g/mol. The molecule has 0 unspecified atom stereocenters. The van der Waals surface area contributed by atoms with E-state index in [0.717, 1.165) is 41.3 Å². The molecule has 3 heterocycles. The molecule has 1 fully saturated rings. The van der Waals surface area contributed by atoms with E-state index in [1.54, 1.807) is 28.6 Å². The molecular formula is C27H35FN6O3. The summed E-state index contributed by atoms with van der Waals surface area (Å²) in [5.74, 6) is 1.03. The number of carbonyl (C=O) groups excluding carboxylic acids is 2. The Morgan fingerprint density at radius 1 is 1.05 bits per heavy atom. The molecule has 4 rings (SSSR count). The van der Waals surface area contributed by atoms with Crippen molar-refractivity contribution in [2.45, 2.75) is 59.3 Å². The van der Waals surface area contributed by atoms with Gasteiger partial charge in [-0.05, 0) is 44.5 Å². The van der Waals surface area contributed by atoms with Crippen molar-refractivity contribution in [3.8, 4) is 5.69 Å². The Bertz CT molecular complexity index is 1250. The summed E-state index contributed by atoms with van der Waals surface area (Å²) in [7, 11) is 0. The second-order valence-corrected chi connectivity index (χ2v) is 9.44. The van der Waals surface area contributed by atoms with E-state index in [2.05, 4.69) is 18.7 Å². The molecule has 0 saturated carbocycles. The van der Waals surface area contributed by atoms with Crippen LogP contribution in [-0.2, 0) is 14.3 Å². The quantitative estimate of drug-likeness (QED) is 0.399. The van der Waals surface area contributed by atoms with Gasteiger partial charge in [-0.2, -0.15) is 5.10 Å². The van der Waals surface area contributed by atoms with Crippen LogP contribution in [0.5, 0.6) is 0 Å². The topological polar surface area (TPSA) is 93.5 Å². The van der Waals surface area contributed by atoms with Gasteiger partial charge in [0, 0.05) is 38.5 Å². The first-order valence-electron chi connectivity index (χ1n) is 13.0. The highest BCUT2D eigenvalue weighted by atomic mass is 19.1. The summed E-state index contributed by atoms with van der Waals surface area (Å²) < 4.78 is 20.3. The van der Waals surface area contributed by atoms with E-state index < -0.39 is 0 Å². The number of hydrogen-bond acceptors (Lipinski definition) is 7. The number of carbonyl (C=O) groups is 2. The minimum Gasteiger partial charge on any atom is -0.466 e. The predicted octanol–water partition coefficient (Wildman–Crippen LogP) is 4.16. The first-order valence-corrected chi connectivity index (χ1v) is 13.0. The second kappa shape index (κ2) is 11.7. The average Bonchev–Trinajstić information content (AvgIpc) is 3.24. The Balaban J connectivity index is 1.62. The van der Waals surface area contributed by atoms with Gasteiger partial charge >= 0.3 is 5.97 Å². The Morgan fingerprint density at radius 2 is 1.76 bits per heavy atom. The van der Waals surface area contributed by atoms with E-state index in [1.807, 2.05) is 6.92 Å². The van der Waals surface area contributed by atoms with E-state index in [-0.39, 0.29) is 36.5 Å². The second-order valence-electron chi connectivity index (χ2n) is 9.44. The third-order valence-electron chi connectivity index (χ3n) is 6.71. The lowest BCUT2D eigenvalue weighted by atomic mass is 10.1. The number of aromatic nitrogens is 4. The molecule has 1 aliphatic rings. The average molecular weight is 511 g/mol. The fraction of sp³-hybridized carbons (Fsp3) is 0.519. The Labute approximate surface area is 216 Å². The number of piperazine rings is 1. The number of nitrogens with zero attached hydrogens (tertiary/aromatic N) is 6. The van der Waals surface area contributed by atoms with Crippen LogP contribution in [0.2, 0.25) is 0 Å². The highest BCUT2D eigenvalue weighted by Gasteiger charge is 2.27. The van der Waals surface area contributed by atoms with Crippen LogP contribution in [0, 0.1) is 12.7 Å². The highest BCUT2D eigenvalue weighted by Crippen LogP contribution is 2.32. The third-order valence-corrected chi connectivity index (χ3v) is 6.71. The summed E-state index contributed by atoms with van der Waals surface area (Å²) in [6.45, 7) is 10.6. The number of benzene rings is 1. The summed E-state index contributed by atoms with van der Waals surface area (Å²) >= 11 is 0. The van der Waals surface area contributed by atoms with Crippen molar-refractivity contribution < 1.29 is 18.7 Å². The SMILES string of the molecule is CCC[C@@H](C)c1nc(N2CCN(C(=O)CCC(=O)OCC)CC2)c2c(C)nn(-c3ccc(F)cc3)c2n1. The maximum absolute atomic E-state index is 13.6. The van der Waals surface area contributed by atoms with Gasteiger partial charge in [0.25, 0.3) is 0 Å². The van der Waals surface area contributed by atoms with Gasteiger partial charge < -0.3 is 14.5 Å². The molecule has 198 valence electrons. The van der Waals surface area contributed by atoms with Gasteiger partial charge in [0.15, 0.2) is 5.65 Å². The molecule has 1 saturated heterocycles. The maximum atomic E-state index is 13.6. The number of anilines is 1. The minimum atomic E-state index is -0.347. The molecule has 1 aromatic carbocycles. The van der Waals surface area contributed by atoms with Crippen LogP contribution < -0.4 is 4.90 Å². The monoisotopic (exact) mass is 510 g/mol. The van der Waals surface area contributed by atoms with Crippen LogP contribution in [0.15, 0.2) is 24.3 Å². The third kappa shape index (κ3) is 5.89. The summed E-state index contributed by atoms with van der Waals surface area (Å²) in [5.41, 5.74) is 2.22. The molecule has 0 N–H and O–H groups in total. The van der Waals surface area contributed by atoms with Crippen LogP contribution in [0.1, 0.15) is 63.9 Å². The number of halogens is 1. The molecule has 9 nitrogen and oxygen atoms in total. The van der Waals surface area contributed by atoms with Gasteiger partial charge in [0.05, 0.1) is 29.8 Å². The zero-order valence-electron chi connectivity index (χ0n) is 22.0. The molecule has 37 heavy (non-hydrogen) atoms. The molecule has 0 aliphatic carbocycles. The molecule has 1 atom stereocenters. The molecule has 0 spiro atoms. The van der Waals surface area contributed by atoms with Crippen LogP contribution in [0.3, 0.4) is 0 Å². The molecule has 1 aliphatic heterocycles. The van der Waals surface area contributed by atoms with E-state index in [1.165, 1.54) is 12.1 Å². The van der Waals surface area contributed by atoms with Gasteiger partial charge in [-0.25, -0.2) is 19.0 Å². The number of aryl methyl sites for hydroxylation is 1. The van der Waals surface area contributed by atoms with Gasteiger partial charge in [-0.15, -0.1) is 0 Å². The molecule has 2 aromatic heterocycles. The maximum Gasteiger partial charge on any atom is 0.306 e.